The molecule has 0 bridgehead atoms. The van der Waals surface area contributed by atoms with Crippen LogP contribution in [-0.4, -0.2) is 18.8 Å². The standard InChI is InChI=1S/C16H17BrFNO2/c1-21-12-4-2-3-10(7-12)14(9-19)16(20)13-6-5-11(18)8-15(13)17/h2-8,14,16,20H,9,19H2,1H3. The lowest BCUT2D eigenvalue weighted by molar-refractivity contribution is 0.146. The normalized spacial score (nSPS) is 13.8. The fraction of sp³-hybridized carbons (Fsp3) is 0.250. The van der Waals surface area contributed by atoms with Crippen molar-refractivity contribution in [3.05, 3.63) is 63.9 Å². The van der Waals surface area contributed by atoms with Crippen LogP contribution in [0.4, 0.5) is 4.39 Å². The quantitative estimate of drug-likeness (QED) is 0.866. The van der Waals surface area contributed by atoms with E-state index in [0.29, 0.717) is 15.8 Å². The number of halogens is 2. The van der Waals surface area contributed by atoms with Crippen LogP contribution in [0.15, 0.2) is 46.9 Å². The van der Waals surface area contributed by atoms with Crippen molar-refractivity contribution in [2.45, 2.75) is 12.0 Å². The van der Waals surface area contributed by atoms with E-state index in [2.05, 4.69) is 15.9 Å². The van der Waals surface area contributed by atoms with E-state index < -0.39 is 6.10 Å². The molecule has 0 saturated heterocycles. The van der Waals surface area contributed by atoms with E-state index in [0.717, 1.165) is 5.56 Å². The number of ether oxygens (including phenoxy) is 1. The van der Waals surface area contributed by atoms with Gasteiger partial charge in [-0.2, -0.15) is 0 Å². The molecule has 112 valence electrons. The molecule has 21 heavy (non-hydrogen) atoms. The van der Waals surface area contributed by atoms with Crippen molar-refractivity contribution in [3.63, 3.8) is 0 Å². The maximum absolute atomic E-state index is 13.2. The van der Waals surface area contributed by atoms with Crippen molar-refractivity contribution in [1.82, 2.24) is 0 Å². The van der Waals surface area contributed by atoms with Crippen molar-refractivity contribution in [1.29, 1.82) is 0 Å². The van der Waals surface area contributed by atoms with E-state index in [1.165, 1.54) is 12.1 Å². The molecule has 0 amide bonds. The number of benzene rings is 2. The second kappa shape index (κ2) is 7.02. The van der Waals surface area contributed by atoms with Gasteiger partial charge in [0.2, 0.25) is 0 Å². The molecule has 2 aromatic carbocycles. The highest BCUT2D eigenvalue weighted by Gasteiger charge is 2.23. The molecule has 0 radical (unpaired) electrons. The van der Waals surface area contributed by atoms with Crippen LogP contribution in [0.1, 0.15) is 23.1 Å². The molecular formula is C16H17BrFNO2. The van der Waals surface area contributed by atoms with Gasteiger partial charge in [-0.1, -0.05) is 34.1 Å². The number of aliphatic hydroxyl groups excluding tert-OH is 1. The van der Waals surface area contributed by atoms with Crippen LogP contribution < -0.4 is 10.5 Å². The molecule has 0 fully saturated rings. The van der Waals surface area contributed by atoms with Crippen molar-refractivity contribution < 1.29 is 14.2 Å². The van der Waals surface area contributed by atoms with Crippen LogP contribution in [0.5, 0.6) is 5.75 Å². The number of hydrogen-bond acceptors (Lipinski definition) is 3. The van der Waals surface area contributed by atoms with Crippen molar-refractivity contribution >= 4 is 15.9 Å². The molecule has 0 aliphatic heterocycles. The Kier molecular flexibility index (Phi) is 5.33. The average molecular weight is 354 g/mol. The van der Waals surface area contributed by atoms with Gasteiger partial charge in [0.05, 0.1) is 13.2 Å². The summed E-state index contributed by atoms with van der Waals surface area (Å²) in [6.45, 7) is 0.262. The van der Waals surface area contributed by atoms with Crippen molar-refractivity contribution in [2.24, 2.45) is 5.73 Å². The first kappa shape index (κ1) is 15.9. The Labute approximate surface area is 131 Å². The molecule has 0 spiro atoms. The molecular weight excluding hydrogens is 337 g/mol. The van der Waals surface area contributed by atoms with E-state index in [1.54, 1.807) is 13.2 Å². The lowest BCUT2D eigenvalue weighted by Crippen LogP contribution is -2.20. The van der Waals surface area contributed by atoms with Gasteiger partial charge < -0.3 is 15.6 Å². The van der Waals surface area contributed by atoms with Gasteiger partial charge in [0.25, 0.3) is 0 Å². The molecule has 0 aromatic heterocycles. The second-order valence-electron chi connectivity index (χ2n) is 4.73. The van der Waals surface area contributed by atoms with Gasteiger partial charge in [0.15, 0.2) is 0 Å². The third-order valence-corrected chi connectivity index (χ3v) is 4.12. The van der Waals surface area contributed by atoms with Gasteiger partial charge in [0, 0.05) is 16.9 Å². The molecule has 3 nitrogen and oxygen atoms in total. The Morgan fingerprint density at radius 3 is 2.67 bits per heavy atom. The molecule has 5 heteroatoms. The summed E-state index contributed by atoms with van der Waals surface area (Å²) in [5.41, 5.74) is 7.31. The molecule has 2 rings (SSSR count). The van der Waals surface area contributed by atoms with Crippen LogP contribution in [0.25, 0.3) is 0 Å². The Balaban J connectivity index is 2.35. The van der Waals surface area contributed by atoms with Crippen LogP contribution in [-0.2, 0) is 0 Å². The highest BCUT2D eigenvalue weighted by atomic mass is 79.9. The first-order valence-corrected chi connectivity index (χ1v) is 7.33. The van der Waals surface area contributed by atoms with E-state index in [1.807, 2.05) is 24.3 Å². The molecule has 0 heterocycles. The summed E-state index contributed by atoms with van der Waals surface area (Å²) < 4.78 is 18.9. The number of aliphatic hydroxyl groups is 1. The van der Waals surface area contributed by atoms with Gasteiger partial charge >= 0.3 is 0 Å². The summed E-state index contributed by atoms with van der Waals surface area (Å²) in [4.78, 5) is 0. The van der Waals surface area contributed by atoms with Gasteiger partial charge in [-0.05, 0) is 35.4 Å². The third-order valence-electron chi connectivity index (χ3n) is 3.44. The lowest BCUT2D eigenvalue weighted by Gasteiger charge is -2.23. The van der Waals surface area contributed by atoms with Gasteiger partial charge in [0.1, 0.15) is 11.6 Å². The Morgan fingerprint density at radius 2 is 2.05 bits per heavy atom. The minimum Gasteiger partial charge on any atom is -0.497 e. The molecule has 2 unspecified atom stereocenters. The van der Waals surface area contributed by atoms with Crippen molar-refractivity contribution in [2.75, 3.05) is 13.7 Å². The van der Waals surface area contributed by atoms with Crippen LogP contribution >= 0.6 is 15.9 Å². The summed E-state index contributed by atoms with van der Waals surface area (Å²) in [5.74, 6) is 0.0432. The SMILES string of the molecule is COc1cccc(C(CN)C(O)c2ccc(F)cc2Br)c1. The van der Waals surface area contributed by atoms with E-state index >= 15 is 0 Å². The van der Waals surface area contributed by atoms with E-state index in [-0.39, 0.29) is 18.3 Å². The molecule has 3 N–H and O–H groups in total. The van der Waals surface area contributed by atoms with Gasteiger partial charge in [-0.3, -0.25) is 0 Å². The first-order valence-electron chi connectivity index (χ1n) is 6.54. The molecule has 2 atom stereocenters. The van der Waals surface area contributed by atoms with Gasteiger partial charge in [-0.15, -0.1) is 0 Å². The largest absolute Gasteiger partial charge is 0.497 e. The highest BCUT2D eigenvalue weighted by molar-refractivity contribution is 9.10. The fourth-order valence-electron chi connectivity index (χ4n) is 2.28. The Morgan fingerprint density at radius 1 is 1.29 bits per heavy atom. The number of hydrogen-bond donors (Lipinski definition) is 2. The third kappa shape index (κ3) is 3.61. The van der Waals surface area contributed by atoms with E-state index in [4.69, 9.17) is 10.5 Å². The predicted molar refractivity (Wildman–Crippen MR) is 83.8 cm³/mol. The summed E-state index contributed by atoms with van der Waals surface area (Å²) in [6.07, 6.45) is -0.836. The first-order chi connectivity index (χ1) is 10.1. The summed E-state index contributed by atoms with van der Waals surface area (Å²) in [6, 6.07) is 11.6. The van der Waals surface area contributed by atoms with Crippen LogP contribution in [0.2, 0.25) is 0 Å². The monoisotopic (exact) mass is 353 g/mol. The topological polar surface area (TPSA) is 55.5 Å². The molecule has 0 aliphatic carbocycles. The zero-order valence-electron chi connectivity index (χ0n) is 11.6. The maximum atomic E-state index is 13.2. The zero-order chi connectivity index (χ0) is 15.4. The second-order valence-corrected chi connectivity index (χ2v) is 5.58. The average Bonchev–Trinajstić information content (AvgIpc) is 2.48. The minimum atomic E-state index is -0.836. The van der Waals surface area contributed by atoms with Crippen LogP contribution in [0, 0.1) is 5.82 Å². The summed E-state index contributed by atoms with van der Waals surface area (Å²) in [5, 5.41) is 10.6. The Hall–Kier alpha value is -1.43. The molecule has 2 aromatic rings. The molecule has 0 aliphatic rings. The number of methoxy groups -OCH3 is 1. The highest BCUT2D eigenvalue weighted by Crippen LogP contribution is 2.35. The summed E-state index contributed by atoms with van der Waals surface area (Å²) in [7, 11) is 1.59. The van der Waals surface area contributed by atoms with Gasteiger partial charge in [-0.25, -0.2) is 4.39 Å². The van der Waals surface area contributed by atoms with E-state index in [9.17, 15) is 9.50 Å². The molecule has 0 saturated carbocycles. The zero-order valence-corrected chi connectivity index (χ0v) is 13.2. The summed E-state index contributed by atoms with van der Waals surface area (Å²) >= 11 is 3.28. The smallest absolute Gasteiger partial charge is 0.124 e. The minimum absolute atomic E-state index is 0.262. The lowest BCUT2D eigenvalue weighted by atomic mass is 9.89. The predicted octanol–water partition coefficient (Wildman–Crippen LogP) is 3.37. The Bertz CT molecular complexity index is 621. The fourth-order valence-corrected chi connectivity index (χ4v) is 2.86. The van der Waals surface area contributed by atoms with Crippen molar-refractivity contribution in [3.8, 4) is 5.75 Å². The number of rotatable bonds is 5. The number of nitrogens with two attached hydrogens (primary N) is 1. The van der Waals surface area contributed by atoms with Crippen LogP contribution in [0.3, 0.4) is 0 Å². The maximum Gasteiger partial charge on any atom is 0.124 e.